The lowest BCUT2D eigenvalue weighted by molar-refractivity contribution is 0.296. The first kappa shape index (κ1) is 11.3. The minimum absolute atomic E-state index is 0.0685. The predicted molar refractivity (Wildman–Crippen MR) is 70.0 cm³/mol. The largest absolute Gasteiger partial charge is 0.399 e. The first-order valence-corrected chi connectivity index (χ1v) is 6.37. The molecular formula is C14H17N3O. The summed E-state index contributed by atoms with van der Waals surface area (Å²) in [5, 5.41) is 4.08. The molecule has 0 saturated heterocycles. The third-order valence-corrected chi connectivity index (χ3v) is 3.82. The van der Waals surface area contributed by atoms with Gasteiger partial charge >= 0.3 is 0 Å². The molecule has 0 atom stereocenters. The van der Waals surface area contributed by atoms with Crippen LogP contribution in [0, 0.1) is 0 Å². The van der Waals surface area contributed by atoms with E-state index < -0.39 is 0 Å². The molecule has 2 aromatic rings. The van der Waals surface area contributed by atoms with E-state index in [1.165, 1.54) is 12.8 Å². The van der Waals surface area contributed by atoms with Gasteiger partial charge in [0.15, 0.2) is 0 Å². The highest BCUT2D eigenvalue weighted by Crippen LogP contribution is 2.40. The van der Waals surface area contributed by atoms with Crippen molar-refractivity contribution >= 4 is 5.69 Å². The summed E-state index contributed by atoms with van der Waals surface area (Å²) in [6, 6.07) is 7.53. The average molecular weight is 243 g/mol. The van der Waals surface area contributed by atoms with Gasteiger partial charge in [0.2, 0.25) is 11.7 Å². The Labute approximate surface area is 106 Å². The van der Waals surface area contributed by atoms with Crippen molar-refractivity contribution in [3.63, 3.8) is 0 Å². The number of hydrogen-bond acceptors (Lipinski definition) is 4. The van der Waals surface area contributed by atoms with Crippen molar-refractivity contribution in [2.24, 2.45) is 0 Å². The van der Waals surface area contributed by atoms with Gasteiger partial charge in [-0.05, 0) is 37.1 Å². The Bertz CT molecular complexity index is 538. The molecule has 0 amide bonds. The normalized spacial score (nSPS) is 18.1. The van der Waals surface area contributed by atoms with E-state index in [1.54, 1.807) is 0 Å². The molecule has 0 unspecified atom stereocenters. The molecule has 1 aromatic heterocycles. The molecule has 1 aromatic carbocycles. The van der Waals surface area contributed by atoms with Crippen molar-refractivity contribution in [1.29, 1.82) is 0 Å². The Hall–Kier alpha value is -1.84. The molecule has 1 heterocycles. The van der Waals surface area contributed by atoms with Crippen LogP contribution in [0.3, 0.4) is 0 Å². The fraction of sp³-hybridized carbons (Fsp3) is 0.429. The van der Waals surface area contributed by atoms with Gasteiger partial charge in [-0.15, -0.1) is 0 Å². The van der Waals surface area contributed by atoms with E-state index in [2.05, 4.69) is 17.1 Å². The molecule has 4 heteroatoms. The molecule has 2 N–H and O–H groups in total. The van der Waals surface area contributed by atoms with Gasteiger partial charge in [0, 0.05) is 16.7 Å². The molecule has 0 spiro atoms. The number of anilines is 1. The first-order valence-electron chi connectivity index (χ1n) is 6.37. The topological polar surface area (TPSA) is 64.9 Å². The van der Waals surface area contributed by atoms with Gasteiger partial charge in [0.1, 0.15) is 0 Å². The second-order valence-electron chi connectivity index (χ2n) is 5.31. The molecule has 0 bridgehead atoms. The lowest BCUT2D eigenvalue weighted by Crippen LogP contribution is -2.17. The second-order valence-corrected chi connectivity index (χ2v) is 5.31. The Morgan fingerprint density at radius 3 is 2.50 bits per heavy atom. The minimum atomic E-state index is 0.0685. The maximum absolute atomic E-state index is 5.67. The second kappa shape index (κ2) is 4.12. The van der Waals surface area contributed by atoms with Gasteiger partial charge in [0.05, 0.1) is 0 Å². The fourth-order valence-corrected chi connectivity index (χ4v) is 2.59. The van der Waals surface area contributed by atoms with Crippen LogP contribution in [0.5, 0.6) is 0 Å². The summed E-state index contributed by atoms with van der Waals surface area (Å²) in [5.41, 5.74) is 7.42. The molecule has 1 aliphatic carbocycles. The number of hydrogen-bond donors (Lipinski definition) is 1. The lowest BCUT2D eigenvalue weighted by Gasteiger charge is -2.16. The summed E-state index contributed by atoms with van der Waals surface area (Å²) in [6.07, 6.45) is 4.76. The summed E-state index contributed by atoms with van der Waals surface area (Å²) < 4.78 is 5.44. The number of nitrogen functional groups attached to an aromatic ring is 1. The van der Waals surface area contributed by atoms with E-state index in [4.69, 9.17) is 10.3 Å². The van der Waals surface area contributed by atoms with Crippen LogP contribution in [0.15, 0.2) is 28.8 Å². The van der Waals surface area contributed by atoms with Crippen molar-refractivity contribution < 1.29 is 4.52 Å². The smallest absolute Gasteiger partial charge is 0.232 e. The molecule has 0 radical (unpaired) electrons. The third-order valence-electron chi connectivity index (χ3n) is 3.82. The van der Waals surface area contributed by atoms with E-state index in [0.717, 1.165) is 30.0 Å². The standard InChI is InChI=1S/C14H17N3O/c1-14(8-2-3-9-14)13-16-12(17-18-13)10-4-6-11(15)7-5-10/h4-7H,2-3,8-9,15H2,1H3. The van der Waals surface area contributed by atoms with Crippen molar-refractivity contribution in [3.8, 4) is 11.4 Å². The zero-order chi connectivity index (χ0) is 12.6. The van der Waals surface area contributed by atoms with Crippen molar-refractivity contribution in [3.05, 3.63) is 30.2 Å². The summed E-state index contributed by atoms with van der Waals surface area (Å²) in [6.45, 7) is 2.21. The third kappa shape index (κ3) is 1.88. The van der Waals surface area contributed by atoms with Gasteiger partial charge in [0.25, 0.3) is 0 Å². The highest BCUT2D eigenvalue weighted by Gasteiger charge is 2.36. The van der Waals surface area contributed by atoms with Crippen molar-refractivity contribution in [2.75, 3.05) is 5.73 Å². The van der Waals surface area contributed by atoms with E-state index in [-0.39, 0.29) is 5.41 Å². The molecule has 94 valence electrons. The minimum Gasteiger partial charge on any atom is -0.399 e. The van der Waals surface area contributed by atoms with Crippen LogP contribution in [0.25, 0.3) is 11.4 Å². The maximum Gasteiger partial charge on any atom is 0.232 e. The van der Waals surface area contributed by atoms with E-state index >= 15 is 0 Å². The highest BCUT2D eigenvalue weighted by atomic mass is 16.5. The van der Waals surface area contributed by atoms with Gasteiger partial charge in [-0.25, -0.2) is 0 Å². The molecule has 18 heavy (non-hydrogen) atoms. The molecule has 1 aliphatic rings. The van der Waals surface area contributed by atoms with Crippen molar-refractivity contribution in [1.82, 2.24) is 10.1 Å². The van der Waals surface area contributed by atoms with E-state index in [0.29, 0.717) is 5.82 Å². The SMILES string of the molecule is CC1(c2nc(-c3ccc(N)cc3)no2)CCCC1. The number of aromatic nitrogens is 2. The Morgan fingerprint density at radius 2 is 1.83 bits per heavy atom. The zero-order valence-electron chi connectivity index (χ0n) is 10.5. The fourth-order valence-electron chi connectivity index (χ4n) is 2.59. The lowest BCUT2D eigenvalue weighted by atomic mass is 9.89. The molecule has 1 saturated carbocycles. The van der Waals surface area contributed by atoms with Crippen LogP contribution in [0.2, 0.25) is 0 Å². The highest BCUT2D eigenvalue weighted by molar-refractivity contribution is 5.58. The Morgan fingerprint density at radius 1 is 1.17 bits per heavy atom. The zero-order valence-corrected chi connectivity index (χ0v) is 10.5. The molecular weight excluding hydrogens is 226 g/mol. The number of nitrogens with two attached hydrogens (primary N) is 1. The monoisotopic (exact) mass is 243 g/mol. The summed E-state index contributed by atoms with van der Waals surface area (Å²) in [7, 11) is 0. The maximum atomic E-state index is 5.67. The van der Waals surface area contributed by atoms with Gasteiger partial charge in [-0.3, -0.25) is 0 Å². The Balaban J connectivity index is 1.91. The van der Waals surface area contributed by atoms with Crippen LogP contribution in [0.4, 0.5) is 5.69 Å². The number of rotatable bonds is 2. The average Bonchev–Trinajstić information content (AvgIpc) is 2.99. The summed E-state index contributed by atoms with van der Waals surface area (Å²) in [5.74, 6) is 1.42. The summed E-state index contributed by atoms with van der Waals surface area (Å²) >= 11 is 0. The van der Waals surface area contributed by atoms with Crippen LogP contribution >= 0.6 is 0 Å². The molecule has 1 fully saturated rings. The van der Waals surface area contributed by atoms with Gasteiger partial charge in [-0.2, -0.15) is 4.98 Å². The summed E-state index contributed by atoms with van der Waals surface area (Å²) in [4.78, 5) is 4.55. The van der Waals surface area contributed by atoms with Crippen molar-refractivity contribution in [2.45, 2.75) is 38.0 Å². The Kier molecular flexibility index (Phi) is 2.58. The first-order chi connectivity index (χ1) is 8.67. The van der Waals surface area contributed by atoms with Crippen LogP contribution < -0.4 is 5.73 Å². The number of nitrogens with zero attached hydrogens (tertiary/aromatic N) is 2. The molecule has 0 aliphatic heterocycles. The van der Waals surface area contributed by atoms with Crippen LogP contribution in [0.1, 0.15) is 38.5 Å². The van der Waals surface area contributed by atoms with E-state index in [9.17, 15) is 0 Å². The van der Waals surface area contributed by atoms with Crippen LogP contribution in [-0.2, 0) is 5.41 Å². The number of benzene rings is 1. The van der Waals surface area contributed by atoms with E-state index in [1.807, 2.05) is 24.3 Å². The molecule has 3 rings (SSSR count). The van der Waals surface area contributed by atoms with Gasteiger partial charge in [-0.1, -0.05) is 24.9 Å². The quantitative estimate of drug-likeness (QED) is 0.823. The molecule has 4 nitrogen and oxygen atoms in total. The van der Waals surface area contributed by atoms with Crippen LogP contribution in [-0.4, -0.2) is 10.1 Å². The predicted octanol–water partition coefficient (Wildman–Crippen LogP) is 3.15. The van der Waals surface area contributed by atoms with Gasteiger partial charge < -0.3 is 10.3 Å².